The van der Waals surface area contributed by atoms with Crippen LogP contribution < -0.4 is 5.32 Å². The number of nitrogens with zero attached hydrogens (tertiary/aromatic N) is 1. The second-order valence-electron chi connectivity index (χ2n) is 3.38. The summed E-state index contributed by atoms with van der Waals surface area (Å²) in [6, 6.07) is 0. The number of nitrogens with one attached hydrogen (secondary N) is 1. The molecule has 3 heteroatoms. The lowest BCUT2D eigenvalue weighted by molar-refractivity contribution is -0.126. The number of carbonyl (C=O) groups excluding carboxylic acids is 1. The molecule has 2 aliphatic heterocycles. The van der Waals surface area contributed by atoms with Gasteiger partial charge in [0, 0.05) is 25.6 Å². The van der Waals surface area contributed by atoms with Crippen LogP contribution in [0.1, 0.15) is 12.8 Å². The summed E-state index contributed by atoms with van der Waals surface area (Å²) in [5.41, 5.74) is 0.186. The fourth-order valence-electron chi connectivity index (χ4n) is 1.79. The Hall–Kier alpha value is -0.570. The number of rotatable bonds is 0. The fraction of sp³-hybridized carbons (Fsp3) is 0.857. The summed E-state index contributed by atoms with van der Waals surface area (Å²) in [5, 5.41) is 3.32. The summed E-state index contributed by atoms with van der Waals surface area (Å²) in [7, 11) is 1.87. The van der Waals surface area contributed by atoms with Crippen molar-refractivity contribution in [3.8, 4) is 0 Å². The second kappa shape index (κ2) is 1.72. The van der Waals surface area contributed by atoms with E-state index in [-0.39, 0.29) is 11.4 Å². The smallest absolute Gasteiger partial charge is 0.224 e. The van der Waals surface area contributed by atoms with Crippen LogP contribution >= 0.6 is 0 Å². The van der Waals surface area contributed by atoms with Gasteiger partial charge in [0.2, 0.25) is 5.91 Å². The van der Waals surface area contributed by atoms with Gasteiger partial charge in [-0.15, -0.1) is 0 Å². The van der Waals surface area contributed by atoms with E-state index in [9.17, 15) is 4.79 Å². The Labute approximate surface area is 60.4 Å². The standard InChI is InChI=1S/C7H12N2O/c1-9-5-7(2-3-8-7)4-6(9)10/h8H,2-5H2,1H3. The third kappa shape index (κ3) is 0.669. The summed E-state index contributed by atoms with van der Waals surface area (Å²) >= 11 is 0. The largest absolute Gasteiger partial charge is 0.344 e. The predicted octanol–water partition coefficient (Wildman–Crippen LogP) is -0.419. The zero-order valence-corrected chi connectivity index (χ0v) is 6.18. The SMILES string of the molecule is CN1CC2(CCN2)CC1=O. The van der Waals surface area contributed by atoms with Crippen LogP contribution in [0, 0.1) is 0 Å². The molecular formula is C7H12N2O. The van der Waals surface area contributed by atoms with Crippen molar-refractivity contribution in [1.82, 2.24) is 10.2 Å². The van der Waals surface area contributed by atoms with Gasteiger partial charge in [0.1, 0.15) is 0 Å². The molecule has 2 heterocycles. The molecule has 0 aromatic heterocycles. The van der Waals surface area contributed by atoms with Crippen molar-refractivity contribution in [1.29, 1.82) is 0 Å². The zero-order chi connectivity index (χ0) is 7.19. The van der Waals surface area contributed by atoms with E-state index in [1.807, 2.05) is 11.9 Å². The molecule has 0 saturated carbocycles. The van der Waals surface area contributed by atoms with E-state index in [2.05, 4.69) is 5.32 Å². The fourth-order valence-corrected chi connectivity index (χ4v) is 1.79. The molecule has 2 rings (SSSR count). The number of hydrogen-bond acceptors (Lipinski definition) is 2. The van der Waals surface area contributed by atoms with E-state index in [0.29, 0.717) is 6.42 Å². The highest BCUT2D eigenvalue weighted by molar-refractivity contribution is 5.80. The first-order valence-electron chi connectivity index (χ1n) is 3.71. The molecule has 1 spiro atoms. The van der Waals surface area contributed by atoms with Gasteiger partial charge in [0.15, 0.2) is 0 Å². The van der Waals surface area contributed by atoms with E-state index in [4.69, 9.17) is 0 Å². The minimum atomic E-state index is 0.186. The van der Waals surface area contributed by atoms with Gasteiger partial charge in [-0.25, -0.2) is 0 Å². The van der Waals surface area contributed by atoms with Crippen LogP contribution in [0.3, 0.4) is 0 Å². The Morgan fingerprint density at radius 2 is 2.40 bits per heavy atom. The molecule has 2 saturated heterocycles. The molecule has 2 fully saturated rings. The van der Waals surface area contributed by atoms with Crippen LogP contribution in [0.4, 0.5) is 0 Å². The summed E-state index contributed by atoms with van der Waals surface area (Å²) in [5.74, 6) is 0.284. The first-order valence-corrected chi connectivity index (χ1v) is 3.71. The topological polar surface area (TPSA) is 32.3 Å². The lowest BCUT2D eigenvalue weighted by atomic mass is 9.87. The summed E-state index contributed by atoms with van der Waals surface area (Å²) in [6.07, 6.45) is 1.88. The molecule has 0 aromatic rings. The third-order valence-corrected chi connectivity index (χ3v) is 2.56. The quantitative estimate of drug-likeness (QED) is 0.495. The predicted molar refractivity (Wildman–Crippen MR) is 37.6 cm³/mol. The second-order valence-corrected chi connectivity index (χ2v) is 3.38. The van der Waals surface area contributed by atoms with E-state index in [1.54, 1.807) is 0 Å². The molecule has 0 radical (unpaired) electrons. The molecule has 0 aliphatic carbocycles. The maximum Gasteiger partial charge on any atom is 0.224 e. The Kier molecular flexibility index (Phi) is 1.06. The van der Waals surface area contributed by atoms with Gasteiger partial charge in [-0.2, -0.15) is 0 Å². The Morgan fingerprint density at radius 1 is 1.70 bits per heavy atom. The van der Waals surface area contributed by atoms with Crippen molar-refractivity contribution in [2.45, 2.75) is 18.4 Å². The highest BCUT2D eigenvalue weighted by Crippen LogP contribution is 2.29. The highest BCUT2D eigenvalue weighted by Gasteiger charge is 2.45. The molecular weight excluding hydrogens is 128 g/mol. The molecule has 1 amide bonds. The number of amides is 1. The molecule has 1 atom stereocenters. The molecule has 10 heavy (non-hydrogen) atoms. The highest BCUT2D eigenvalue weighted by atomic mass is 16.2. The Balaban J connectivity index is 2.10. The van der Waals surface area contributed by atoms with E-state index < -0.39 is 0 Å². The van der Waals surface area contributed by atoms with Crippen LogP contribution in [-0.4, -0.2) is 36.5 Å². The van der Waals surface area contributed by atoms with Gasteiger partial charge in [-0.1, -0.05) is 0 Å². The zero-order valence-electron chi connectivity index (χ0n) is 6.18. The van der Waals surface area contributed by atoms with Crippen molar-refractivity contribution in [2.24, 2.45) is 0 Å². The number of likely N-dealkylation sites (N-methyl/N-ethyl adjacent to an activating group) is 1. The minimum absolute atomic E-state index is 0.186. The Bertz CT molecular complexity index is 174. The van der Waals surface area contributed by atoms with Crippen molar-refractivity contribution in [2.75, 3.05) is 20.1 Å². The normalized spacial score (nSPS) is 38.9. The van der Waals surface area contributed by atoms with Crippen LogP contribution in [0.2, 0.25) is 0 Å². The number of carbonyl (C=O) groups is 1. The molecule has 0 bridgehead atoms. The average Bonchev–Trinajstić information content (AvgIpc) is 2.08. The van der Waals surface area contributed by atoms with Gasteiger partial charge in [0.05, 0.1) is 0 Å². The molecule has 0 aromatic carbocycles. The van der Waals surface area contributed by atoms with E-state index >= 15 is 0 Å². The maximum atomic E-state index is 11.1. The van der Waals surface area contributed by atoms with Gasteiger partial charge in [-0.05, 0) is 13.0 Å². The van der Waals surface area contributed by atoms with Crippen LogP contribution in [0.15, 0.2) is 0 Å². The maximum absolute atomic E-state index is 11.1. The molecule has 1 N–H and O–H groups in total. The van der Waals surface area contributed by atoms with Crippen molar-refractivity contribution in [3.05, 3.63) is 0 Å². The molecule has 3 nitrogen and oxygen atoms in total. The average molecular weight is 140 g/mol. The van der Waals surface area contributed by atoms with Crippen molar-refractivity contribution >= 4 is 5.91 Å². The van der Waals surface area contributed by atoms with Gasteiger partial charge in [0.25, 0.3) is 0 Å². The Morgan fingerprint density at radius 3 is 2.60 bits per heavy atom. The van der Waals surface area contributed by atoms with Gasteiger partial charge in [-0.3, -0.25) is 4.79 Å². The van der Waals surface area contributed by atoms with Crippen molar-refractivity contribution < 1.29 is 4.79 Å². The lowest BCUT2D eigenvalue weighted by Crippen LogP contribution is -2.58. The third-order valence-electron chi connectivity index (χ3n) is 2.56. The lowest BCUT2D eigenvalue weighted by Gasteiger charge is -2.38. The molecule has 56 valence electrons. The summed E-state index contributed by atoms with van der Waals surface area (Å²) in [6.45, 7) is 1.99. The number of hydrogen-bond donors (Lipinski definition) is 1. The van der Waals surface area contributed by atoms with Crippen LogP contribution in [0.25, 0.3) is 0 Å². The van der Waals surface area contributed by atoms with E-state index in [1.165, 1.54) is 6.42 Å². The first-order chi connectivity index (χ1) is 4.72. The van der Waals surface area contributed by atoms with Crippen molar-refractivity contribution in [3.63, 3.8) is 0 Å². The summed E-state index contributed by atoms with van der Waals surface area (Å²) < 4.78 is 0. The van der Waals surface area contributed by atoms with E-state index in [0.717, 1.165) is 13.1 Å². The monoisotopic (exact) mass is 140 g/mol. The minimum Gasteiger partial charge on any atom is -0.344 e. The molecule has 1 unspecified atom stereocenters. The molecule has 2 aliphatic rings. The first kappa shape index (κ1) is 6.16. The van der Waals surface area contributed by atoms with Gasteiger partial charge >= 0.3 is 0 Å². The summed E-state index contributed by atoms with van der Waals surface area (Å²) in [4.78, 5) is 12.9. The number of likely N-dealkylation sites (tertiary alicyclic amines) is 1. The van der Waals surface area contributed by atoms with Gasteiger partial charge < -0.3 is 10.2 Å². The van der Waals surface area contributed by atoms with Crippen LogP contribution in [-0.2, 0) is 4.79 Å². The van der Waals surface area contributed by atoms with Crippen LogP contribution in [0.5, 0.6) is 0 Å².